The minimum Gasteiger partial charge on any atom is -0.336 e. The highest BCUT2D eigenvalue weighted by Crippen LogP contribution is 2.63. The number of rotatable bonds is 4. The number of hydrogen-bond donors (Lipinski definition) is 1. The Balaban J connectivity index is 1.38. The van der Waals surface area contributed by atoms with E-state index in [1.165, 1.54) is 16.2 Å². The van der Waals surface area contributed by atoms with Gasteiger partial charge in [-0.3, -0.25) is 24.3 Å². The van der Waals surface area contributed by atoms with Crippen LogP contribution in [0.4, 0.5) is 0 Å². The molecule has 1 N–H and O–H groups in total. The number of likely N-dealkylation sites (tertiary alicyclic amines) is 1. The molecule has 1 aliphatic carbocycles. The molecular weight excluding hydrogens is 498 g/mol. The van der Waals surface area contributed by atoms with Crippen LogP contribution in [0.25, 0.3) is 21.5 Å². The van der Waals surface area contributed by atoms with Gasteiger partial charge < -0.3 is 10.2 Å². The summed E-state index contributed by atoms with van der Waals surface area (Å²) in [5.74, 6) is -0.645. The molecule has 0 spiro atoms. The van der Waals surface area contributed by atoms with Crippen molar-refractivity contribution in [3.05, 3.63) is 45.6 Å². The van der Waals surface area contributed by atoms with E-state index in [9.17, 15) is 14.4 Å². The molecule has 36 heavy (non-hydrogen) atoms. The van der Waals surface area contributed by atoms with Crippen LogP contribution in [0, 0.1) is 24.2 Å². The summed E-state index contributed by atoms with van der Waals surface area (Å²) in [6.45, 7) is 8.83. The number of piperazine rings is 1. The molecule has 3 fully saturated rings. The van der Waals surface area contributed by atoms with Crippen LogP contribution < -0.4 is 5.32 Å². The van der Waals surface area contributed by atoms with Gasteiger partial charge in [-0.15, -0.1) is 11.3 Å². The predicted molar refractivity (Wildman–Crippen MR) is 138 cm³/mol. The van der Waals surface area contributed by atoms with Gasteiger partial charge in [-0.25, -0.2) is 4.98 Å². The van der Waals surface area contributed by atoms with Crippen LogP contribution >= 0.6 is 22.9 Å². The lowest BCUT2D eigenvalue weighted by Gasteiger charge is -2.28. The lowest BCUT2D eigenvalue weighted by Crippen LogP contribution is -2.46. The van der Waals surface area contributed by atoms with E-state index in [1.54, 1.807) is 12.3 Å². The number of thiophene rings is 1. The van der Waals surface area contributed by atoms with Crippen molar-refractivity contribution in [1.82, 2.24) is 25.1 Å². The standard InChI is InChI=1S/C26H26ClN5O3S/c1-13-10-17(27)30-21(18(13)23(33)31-8-6-28-7-9-31)15-4-5-29-16-11-14(36-22(15)16)12-32-24(34)19-20(25(32)35)26(19,2)3/h4-5,10-11,19-20,28H,6-9,12H2,1-3H3. The smallest absolute Gasteiger partial charge is 0.256 e. The number of nitrogens with zero attached hydrogens (tertiary/aromatic N) is 4. The first-order valence-electron chi connectivity index (χ1n) is 12.1. The summed E-state index contributed by atoms with van der Waals surface area (Å²) in [4.78, 5) is 52.5. The van der Waals surface area contributed by atoms with Gasteiger partial charge in [0.25, 0.3) is 5.91 Å². The number of carbonyl (C=O) groups excluding carboxylic acids is 3. The quantitative estimate of drug-likeness (QED) is 0.415. The zero-order valence-electron chi connectivity index (χ0n) is 20.3. The van der Waals surface area contributed by atoms with E-state index in [2.05, 4.69) is 15.3 Å². The molecule has 3 aromatic rings. The first kappa shape index (κ1) is 23.5. The SMILES string of the molecule is Cc1cc(Cl)nc(-c2ccnc3cc(CN4C(=O)C5C(C4=O)C5(C)C)sc23)c1C(=O)N1CCNCC1. The van der Waals surface area contributed by atoms with Crippen molar-refractivity contribution in [2.75, 3.05) is 26.2 Å². The number of carbonyl (C=O) groups is 3. The number of fused-ring (bicyclic) bond motifs is 2. The fourth-order valence-electron chi connectivity index (χ4n) is 5.69. The van der Waals surface area contributed by atoms with Gasteiger partial charge in [0.15, 0.2) is 0 Å². The van der Waals surface area contributed by atoms with Gasteiger partial charge >= 0.3 is 0 Å². The average molecular weight is 524 g/mol. The molecule has 2 aliphatic heterocycles. The van der Waals surface area contributed by atoms with Gasteiger partial charge in [0.05, 0.1) is 39.9 Å². The van der Waals surface area contributed by atoms with Crippen LogP contribution in [-0.2, 0) is 16.1 Å². The second kappa shape index (κ2) is 8.33. The van der Waals surface area contributed by atoms with Crippen molar-refractivity contribution < 1.29 is 14.4 Å². The van der Waals surface area contributed by atoms with Crippen molar-refractivity contribution in [2.24, 2.45) is 17.3 Å². The first-order chi connectivity index (χ1) is 17.2. The van der Waals surface area contributed by atoms with Crippen molar-refractivity contribution in [2.45, 2.75) is 27.3 Å². The topological polar surface area (TPSA) is 95.5 Å². The van der Waals surface area contributed by atoms with E-state index in [0.717, 1.165) is 39.3 Å². The summed E-state index contributed by atoms with van der Waals surface area (Å²) in [6.07, 6.45) is 1.69. The number of aryl methyl sites for hydroxylation is 1. The number of halogens is 1. The molecule has 2 atom stereocenters. The van der Waals surface area contributed by atoms with Gasteiger partial charge in [0, 0.05) is 42.8 Å². The van der Waals surface area contributed by atoms with Gasteiger partial charge in [-0.1, -0.05) is 25.4 Å². The Morgan fingerprint density at radius 3 is 2.58 bits per heavy atom. The Morgan fingerprint density at radius 2 is 1.89 bits per heavy atom. The second-order valence-electron chi connectivity index (χ2n) is 10.4. The van der Waals surface area contributed by atoms with Gasteiger partial charge in [-0.2, -0.15) is 0 Å². The summed E-state index contributed by atoms with van der Waals surface area (Å²) in [7, 11) is 0. The molecule has 5 heterocycles. The molecule has 1 saturated carbocycles. The van der Waals surface area contributed by atoms with Crippen LogP contribution in [-0.4, -0.2) is 63.7 Å². The summed E-state index contributed by atoms with van der Waals surface area (Å²) in [6, 6.07) is 5.48. The fourth-order valence-corrected chi connectivity index (χ4v) is 7.06. The van der Waals surface area contributed by atoms with E-state index < -0.39 is 0 Å². The summed E-state index contributed by atoms with van der Waals surface area (Å²) in [5.41, 5.74) is 3.10. The highest BCUT2D eigenvalue weighted by molar-refractivity contribution is 7.19. The number of piperidine rings is 1. The van der Waals surface area contributed by atoms with Crippen LogP contribution in [0.15, 0.2) is 24.4 Å². The zero-order valence-corrected chi connectivity index (χ0v) is 21.9. The number of nitrogens with one attached hydrogen (secondary N) is 1. The average Bonchev–Trinajstić information content (AvgIpc) is 3.10. The third kappa shape index (κ3) is 3.55. The third-order valence-corrected chi connectivity index (χ3v) is 9.06. The first-order valence-corrected chi connectivity index (χ1v) is 13.3. The summed E-state index contributed by atoms with van der Waals surface area (Å²) < 4.78 is 0.848. The molecule has 3 aliphatic rings. The molecule has 3 amide bonds. The monoisotopic (exact) mass is 523 g/mol. The number of amides is 3. The summed E-state index contributed by atoms with van der Waals surface area (Å²) in [5, 5.41) is 3.59. The van der Waals surface area contributed by atoms with Crippen LogP contribution in [0.3, 0.4) is 0 Å². The van der Waals surface area contributed by atoms with Crippen molar-refractivity contribution >= 4 is 50.9 Å². The Labute approximate surface area is 217 Å². The molecule has 3 aromatic heterocycles. The van der Waals surface area contributed by atoms with Gasteiger partial charge in [0.1, 0.15) is 5.15 Å². The fraction of sp³-hybridized carbons (Fsp3) is 0.423. The lowest BCUT2D eigenvalue weighted by molar-refractivity contribution is -0.143. The minimum atomic E-state index is -0.233. The van der Waals surface area contributed by atoms with E-state index in [1.807, 2.05) is 37.8 Å². The predicted octanol–water partition coefficient (Wildman–Crippen LogP) is 3.51. The van der Waals surface area contributed by atoms with E-state index in [-0.39, 0.29) is 41.5 Å². The Morgan fingerprint density at radius 1 is 1.19 bits per heavy atom. The zero-order chi connectivity index (χ0) is 25.4. The van der Waals surface area contributed by atoms with Gasteiger partial charge in [0.2, 0.25) is 11.8 Å². The molecule has 186 valence electrons. The molecule has 8 nitrogen and oxygen atoms in total. The maximum absolute atomic E-state index is 13.6. The number of pyridine rings is 2. The van der Waals surface area contributed by atoms with Crippen molar-refractivity contribution in [1.29, 1.82) is 0 Å². The van der Waals surface area contributed by atoms with Crippen molar-refractivity contribution in [3.8, 4) is 11.3 Å². The van der Waals surface area contributed by atoms with Crippen LogP contribution in [0.5, 0.6) is 0 Å². The lowest BCUT2D eigenvalue weighted by atomic mass is 10.0. The van der Waals surface area contributed by atoms with Crippen LogP contribution in [0.1, 0.15) is 34.6 Å². The third-order valence-electron chi connectivity index (χ3n) is 7.73. The molecular formula is C26H26ClN5O3S. The number of hydrogen-bond acceptors (Lipinski definition) is 7. The van der Waals surface area contributed by atoms with Gasteiger partial charge in [-0.05, 0) is 36.1 Å². The Kier molecular flexibility index (Phi) is 5.44. The molecule has 0 aromatic carbocycles. The molecule has 2 unspecified atom stereocenters. The number of aromatic nitrogens is 2. The maximum Gasteiger partial charge on any atom is 0.256 e. The molecule has 0 bridgehead atoms. The largest absolute Gasteiger partial charge is 0.336 e. The van der Waals surface area contributed by atoms with E-state index in [4.69, 9.17) is 11.6 Å². The van der Waals surface area contributed by atoms with Crippen molar-refractivity contribution in [3.63, 3.8) is 0 Å². The minimum absolute atomic E-state index is 0.0648. The highest BCUT2D eigenvalue weighted by Gasteiger charge is 2.72. The highest BCUT2D eigenvalue weighted by atomic mass is 35.5. The normalized spacial score (nSPS) is 22.9. The Bertz CT molecular complexity index is 1420. The molecule has 0 radical (unpaired) electrons. The van der Waals surface area contributed by atoms with E-state index in [0.29, 0.717) is 29.5 Å². The maximum atomic E-state index is 13.6. The summed E-state index contributed by atoms with van der Waals surface area (Å²) >= 11 is 7.83. The molecule has 10 heteroatoms. The van der Waals surface area contributed by atoms with E-state index >= 15 is 0 Å². The second-order valence-corrected chi connectivity index (χ2v) is 11.9. The molecule has 2 saturated heterocycles. The Hall–Kier alpha value is -2.88. The number of imide groups is 1. The molecule has 6 rings (SSSR count). The van der Waals surface area contributed by atoms with Crippen LogP contribution in [0.2, 0.25) is 5.15 Å².